The number of rotatable bonds is 5. The monoisotopic (exact) mass is 341 g/mol. The third kappa shape index (κ3) is 3.82. The van der Waals surface area contributed by atoms with Crippen molar-refractivity contribution in [3.05, 3.63) is 48.2 Å². The second kappa shape index (κ2) is 7.12. The number of benzene rings is 1. The van der Waals surface area contributed by atoms with E-state index in [4.69, 9.17) is 4.42 Å². The Bertz CT molecular complexity index is 857. The molecule has 130 valence electrons. The topological polar surface area (TPSA) is 102 Å². The molecule has 0 spiro atoms. The summed E-state index contributed by atoms with van der Waals surface area (Å²) in [4.78, 5) is 14.0. The molecule has 3 rings (SSSR count). The smallest absolute Gasteiger partial charge is 0.322 e. The number of carbonyl (C=O) groups excluding carboxylic acids is 1. The standard InChI is InChI=1S/C16H19N7O2/c1-4-12-5-6-13(23-9-17-18-10-23)7-14(12)19-16(24)22(3)8-15-21-20-11(2)25-15/h5-7,9-10H,4,8H2,1-3H3,(H,19,24). The van der Waals surface area contributed by atoms with E-state index in [1.807, 2.05) is 25.1 Å². The molecule has 0 aliphatic carbocycles. The van der Waals surface area contributed by atoms with Gasteiger partial charge in [0.25, 0.3) is 0 Å². The van der Waals surface area contributed by atoms with Crippen molar-refractivity contribution in [2.75, 3.05) is 12.4 Å². The second-order valence-electron chi connectivity index (χ2n) is 5.57. The summed E-state index contributed by atoms with van der Waals surface area (Å²) in [5, 5.41) is 18.2. The summed E-state index contributed by atoms with van der Waals surface area (Å²) in [6.45, 7) is 3.98. The third-order valence-electron chi connectivity index (χ3n) is 3.72. The van der Waals surface area contributed by atoms with Gasteiger partial charge in [0.05, 0.1) is 5.69 Å². The van der Waals surface area contributed by atoms with E-state index in [0.29, 0.717) is 11.8 Å². The Kier molecular flexibility index (Phi) is 4.73. The van der Waals surface area contributed by atoms with Gasteiger partial charge >= 0.3 is 6.03 Å². The number of anilines is 1. The van der Waals surface area contributed by atoms with Crippen LogP contribution in [-0.2, 0) is 13.0 Å². The van der Waals surface area contributed by atoms with Gasteiger partial charge in [0.15, 0.2) is 0 Å². The van der Waals surface area contributed by atoms with Crippen LogP contribution < -0.4 is 5.32 Å². The van der Waals surface area contributed by atoms with Crippen LogP contribution in [0.3, 0.4) is 0 Å². The number of aryl methyl sites for hydroxylation is 2. The number of aromatic nitrogens is 5. The normalized spacial score (nSPS) is 10.7. The van der Waals surface area contributed by atoms with Gasteiger partial charge < -0.3 is 14.6 Å². The SMILES string of the molecule is CCc1ccc(-n2cnnc2)cc1NC(=O)N(C)Cc1nnc(C)o1. The molecule has 0 saturated heterocycles. The number of nitrogens with one attached hydrogen (secondary N) is 1. The molecule has 9 heteroatoms. The Morgan fingerprint density at radius 3 is 2.68 bits per heavy atom. The summed E-state index contributed by atoms with van der Waals surface area (Å²) in [5.74, 6) is 0.864. The maximum atomic E-state index is 12.5. The van der Waals surface area contributed by atoms with Crippen LogP contribution in [0.15, 0.2) is 35.3 Å². The third-order valence-corrected chi connectivity index (χ3v) is 3.72. The highest BCUT2D eigenvalue weighted by molar-refractivity contribution is 5.90. The van der Waals surface area contributed by atoms with Gasteiger partial charge in [-0.3, -0.25) is 4.57 Å². The number of hydrogen-bond acceptors (Lipinski definition) is 6. The van der Waals surface area contributed by atoms with Crippen molar-refractivity contribution in [1.82, 2.24) is 29.9 Å². The van der Waals surface area contributed by atoms with E-state index < -0.39 is 0 Å². The van der Waals surface area contributed by atoms with Gasteiger partial charge in [-0.1, -0.05) is 13.0 Å². The van der Waals surface area contributed by atoms with E-state index >= 15 is 0 Å². The lowest BCUT2D eigenvalue weighted by Gasteiger charge is -2.18. The van der Waals surface area contributed by atoms with Crippen molar-refractivity contribution < 1.29 is 9.21 Å². The fourth-order valence-electron chi connectivity index (χ4n) is 2.37. The average Bonchev–Trinajstić information content (AvgIpc) is 3.26. The Labute approximate surface area is 144 Å². The van der Waals surface area contributed by atoms with Crippen molar-refractivity contribution in [1.29, 1.82) is 0 Å². The zero-order valence-corrected chi connectivity index (χ0v) is 14.3. The molecule has 0 aliphatic heterocycles. The maximum Gasteiger partial charge on any atom is 0.322 e. The predicted octanol–water partition coefficient (Wildman–Crippen LogP) is 2.19. The summed E-state index contributed by atoms with van der Waals surface area (Å²) in [6.07, 6.45) is 4.01. The molecule has 2 heterocycles. The number of hydrogen-bond donors (Lipinski definition) is 1. The molecule has 9 nitrogen and oxygen atoms in total. The van der Waals surface area contributed by atoms with Crippen molar-refractivity contribution in [2.45, 2.75) is 26.8 Å². The van der Waals surface area contributed by atoms with E-state index in [-0.39, 0.29) is 12.6 Å². The predicted molar refractivity (Wildman–Crippen MR) is 90.3 cm³/mol. The first-order valence-corrected chi connectivity index (χ1v) is 7.86. The van der Waals surface area contributed by atoms with Gasteiger partial charge in [-0.05, 0) is 24.1 Å². The van der Waals surface area contributed by atoms with Crippen LogP contribution in [0, 0.1) is 6.92 Å². The number of amides is 2. The van der Waals surface area contributed by atoms with Gasteiger partial charge in [-0.15, -0.1) is 20.4 Å². The number of carbonyl (C=O) groups is 1. The van der Waals surface area contributed by atoms with E-state index in [0.717, 1.165) is 23.4 Å². The molecule has 0 saturated carbocycles. The molecule has 1 aromatic carbocycles. The lowest BCUT2D eigenvalue weighted by Crippen LogP contribution is -2.31. The summed E-state index contributed by atoms with van der Waals surface area (Å²) in [7, 11) is 1.67. The zero-order chi connectivity index (χ0) is 17.8. The molecular formula is C16H19N7O2. The van der Waals surface area contributed by atoms with Gasteiger partial charge in [0.1, 0.15) is 19.2 Å². The Morgan fingerprint density at radius 2 is 2.04 bits per heavy atom. The van der Waals surface area contributed by atoms with Crippen LogP contribution in [0.25, 0.3) is 5.69 Å². The van der Waals surface area contributed by atoms with Crippen molar-refractivity contribution in [3.63, 3.8) is 0 Å². The first-order chi connectivity index (χ1) is 12.1. The quantitative estimate of drug-likeness (QED) is 0.763. The molecule has 0 bridgehead atoms. The minimum Gasteiger partial charge on any atom is -0.424 e. The highest BCUT2D eigenvalue weighted by Crippen LogP contribution is 2.21. The van der Waals surface area contributed by atoms with E-state index in [2.05, 4.69) is 25.7 Å². The highest BCUT2D eigenvalue weighted by atomic mass is 16.4. The Balaban J connectivity index is 1.76. The molecular weight excluding hydrogens is 322 g/mol. The lowest BCUT2D eigenvalue weighted by molar-refractivity contribution is 0.215. The van der Waals surface area contributed by atoms with Crippen molar-refractivity contribution >= 4 is 11.7 Å². The molecule has 0 unspecified atom stereocenters. The van der Waals surface area contributed by atoms with E-state index in [9.17, 15) is 4.79 Å². The summed E-state index contributed by atoms with van der Waals surface area (Å²) >= 11 is 0. The number of urea groups is 1. The van der Waals surface area contributed by atoms with Crippen LogP contribution in [0.5, 0.6) is 0 Å². The maximum absolute atomic E-state index is 12.5. The van der Waals surface area contributed by atoms with Gasteiger partial charge in [0, 0.05) is 19.7 Å². The summed E-state index contributed by atoms with van der Waals surface area (Å²) < 4.78 is 7.08. The first kappa shape index (κ1) is 16.6. The largest absolute Gasteiger partial charge is 0.424 e. The van der Waals surface area contributed by atoms with Crippen LogP contribution >= 0.6 is 0 Å². The molecule has 0 fully saturated rings. The number of nitrogens with zero attached hydrogens (tertiary/aromatic N) is 6. The Morgan fingerprint density at radius 1 is 1.28 bits per heavy atom. The molecule has 1 N–H and O–H groups in total. The fraction of sp³-hybridized carbons (Fsp3) is 0.312. The van der Waals surface area contributed by atoms with Gasteiger partial charge in [-0.2, -0.15) is 0 Å². The van der Waals surface area contributed by atoms with E-state index in [1.54, 1.807) is 31.2 Å². The second-order valence-corrected chi connectivity index (χ2v) is 5.57. The molecule has 0 atom stereocenters. The molecule has 3 aromatic rings. The first-order valence-electron chi connectivity index (χ1n) is 7.86. The van der Waals surface area contributed by atoms with Crippen LogP contribution in [-0.4, -0.2) is 42.9 Å². The fourth-order valence-corrected chi connectivity index (χ4v) is 2.37. The van der Waals surface area contributed by atoms with Crippen LogP contribution in [0.2, 0.25) is 0 Å². The van der Waals surface area contributed by atoms with Gasteiger partial charge in [-0.25, -0.2) is 4.79 Å². The van der Waals surface area contributed by atoms with Crippen molar-refractivity contribution in [2.24, 2.45) is 0 Å². The summed E-state index contributed by atoms with van der Waals surface area (Å²) in [5.41, 5.74) is 2.65. The summed E-state index contributed by atoms with van der Waals surface area (Å²) in [6, 6.07) is 5.58. The molecule has 0 aliphatic rings. The van der Waals surface area contributed by atoms with Crippen molar-refractivity contribution in [3.8, 4) is 5.69 Å². The van der Waals surface area contributed by atoms with Crippen LogP contribution in [0.4, 0.5) is 10.5 Å². The highest BCUT2D eigenvalue weighted by Gasteiger charge is 2.15. The minimum absolute atomic E-state index is 0.235. The molecule has 2 aromatic heterocycles. The van der Waals surface area contributed by atoms with Gasteiger partial charge in [0.2, 0.25) is 11.8 Å². The average molecular weight is 341 g/mol. The molecule has 2 amide bonds. The molecule has 25 heavy (non-hydrogen) atoms. The lowest BCUT2D eigenvalue weighted by atomic mass is 10.1. The van der Waals surface area contributed by atoms with E-state index in [1.165, 1.54) is 4.90 Å². The Hall–Kier alpha value is -3.23. The minimum atomic E-state index is -0.258. The van der Waals surface area contributed by atoms with Crippen LogP contribution in [0.1, 0.15) is 24.3 Å². The zero-order valence-electron chi connectivity index (χ0n) is 14.3. The molecule has 0 radical (unpaired) electrons.